The molecule has 0 radical (unpaired) electrons. The predicted molar refractivity (Wildman–Crippen MR) is 58.5 cm³/mol. The number of hydrogen-bond donors (Lipinski definition) is 1. The third-order valence-electron chi connectivity index (χ3n) is 1.09. The number of nitrogens with two attached hydrogens (primary N) is 1. The largest absolute Gasteiger partial charge is 0.330 e. The van der Waals surface area contributed by atoms with Gasteiger partial charge in [0.2, 0.25) is 0 Å². The Morgan fingerprint density at radius 1 is 1.09 bits per heavy atom. The van der Waals surface area contributed by atoms with Crippen molar-refractivity contribution in [3.05, 3.63) is 0 Å². The first-order valence-electron chi connectivity index (χ1n) is 4.59. The second-order valence-corrected chi connectivity index (χ2v) is 4.39. The van der Waals surface area contributed by atoms with Gasteiger partial charge in [0, 0.05) is 15.4 Å². The molecule has 0 aromatic rings. The van der Waals surface area contributed by atoms with E-state index >= 15 is 0 Å². The maximum absolute atomic E-state index is 5.45. The summed E-state index contributed by atoms with van der Waals surface area (Å²) in [5.41, 5.74) is 5.28. The number of alkyl halides is 1. The molecule has 0 aliphatic heterocycles. The van der Waals surface area contributed by atoms with Crippen LogP contribution >= 0.6 is 11.6 Å². The zero-order valence-electron chi connectivity index (χ0n) is 7.91. The number of rotatable bonds is 5. The van der Waals surface area contributed by atoms with E-state index in [2.05, 4.69) is 13.1 Å². The van der Waals surface area contributed by atoms with Crippen LogP contribution in [0.25, 0.3) is 0 Å². The summed E-state index contributed by atoms with van der Waals surface area (Å²) in [4.78, 5) is 0. The second kappa shape index (κ2) is 16.8. The Labute approximate surface area is 78.5 Å². The SMILES string of the molecule is C[SiH2]C.NCCCCCCCl. The molecule has 0 heterocycles. The number of unbranched alkanes of at least 4 members (excludes halogenated alkanes) is 3. The zero-order valence-corrected chi connectivity index (χ0v) is 10.1. The van der Waals surface area contributed by atoms with Crippen molar-refractivity contribution in [2.24, 2.45) is 5.73 Å². The molecule has 0 amide bonds. The van der Waals surface area contributed by atoms with Gasteiger partial charge in [0.05, 0.1) is 0 Å². The predicted octanol–water partition coefficient (Wildman–Crippen LogP) is 2.00. The van der Waals surface area contributed by atoms with Crippen LogP contribution in [0.5, 0.6) is 0 Å². The molecular formula is C8H22ClNSi. The van der Waals surface area contributed by atoms with Crippen LogP contribution in [0.4, 0.5) is 0 Å². The highest BCUT2D eigenvalue weighted by Crippen LogP contribution is 1.98. The van der Waals surface area contributed by atoms with Gasteiger partial charge < -0.3 is 5.73 Å². The topological polar surface area (TPSA) is 26.0 Å². The van der Waals surface area contributed by atoms with E-state index in [9.17, 15) is 0 Å². The zero-order chi connectivity index (χ0) is 8.95. The van der Waals surface area contributed by atoms with Gasteiger partial charge in [0.25, 0.3) is 0 Å². The quantitative estimate of drug-likeness (QED) is 0.406. The Morgan fingerprint density at radius 2 is 1.55 bits per heavy atom. The smallest absolute Gasteiger partial charge is 0.0223 e. The maximum Gasteiger partial charge on any atom is 0.0223 e. The minimum absolute atomic E-state index is 0.417. The summed E-state index contributed by atoms with van der Waals surface area (Å²) >= 11 is 5.45. The molecule has 2 N–H and O–H groups in total. The van der Waals surface area contributed by atoms with Crippen LogP contribution in [0.1, 0.15) is 25.7 Å². The van der Waals surface area contributed by atoms with E-state index in [0.717, 1.165) is 25.3 Å². The molecule has 0 aliphatic rings. The summed E-state index contributed by atoms with van der Waals surface area (Å²) in [5.74, 6) is 0.796. The summed E-state index contributed by atoms with van der Waals surface area (Å²) in [6, 6.07) is 0. The van der Waals surface area contributed by atoms with Crippen molar-refractivity contribution in [2.75, 3.05) is 12.4 Å². The van der Waals surface area contributed by atoms with Gasteiger partial charge in [-0.15, -0.1) is 11.6 Å². The molecule has 0 rings (SSSR count). The van der Waals surface area contributed by atoms with Gasteiger partial charge in [-0.1, -0.05) is 25.9 Å². The average molecular weight is 196 g/mol. The summed E-state index contributed by atoms with van der Waals surface area (Å²) in [5, 5.41) is 0. The minimum atomic E-state index is 0.417. The lowest BCUT2D eigenvalue weighted by Gasteiger charge is -1.93. The third-order valence-corrected chi connectivity index (χ3v) is 1.36. The Balaban J connectivity index is 0. The van der Waals surface area contributed by atoms with Crippen LogP contribution in [0.15, 0.2) is 0 Å². The van der Waals surface area contributed by atoms with Gasteiger partial charge in [-0.3, -0.25) is 0 Å². The first kappa shape index (κ1) is 14.0. The Hall–Kier alpha value is 0.467. The van der Waals surface area contributed by atoms with Gasteiger partial charge in [-0.2, -0.15) is 0 Å². The lowest BCUT2D eigenvalue weighted by Crippen LogP contribution is -1.97. The second-order valence-electron chi connectivity index (χ2n) is 2.60. The van der Waals surface area contributed by atoms with E-state index in [1.165, 1.54) is 12.8 Å². The molecule has 0 bridgehead atoms. The first-order chi connectivity index (χ1) is 5.33. The molecule has 70 valence electrons. The van der Waals surface area contributed by atoms with Crippen LogP contribution in [0, 0.1) is 0 Å². The maximum atomic E-state index is 5.45. The highest BCUT2D eigenvalue weighted by atomic mass is 35.5. The van der Waals surface area contributed by atoms with Gasteiger partial charge in [0.15, 0.2) is 0 Å². The molecule has 0 fully saturated rings. The molecule has 0 aliphatic carbocycles. The molecule has 0 aromatic carbocycles. The van der Waals surface area contributed by atoms with Gasteiger partial charge >= 0.3 is 0 Å². The Kier molecular flexibility index (Phi) is 21.4. The van der Waals surface area contributed by atoms with Gasteiger partial charge in [-0.05, 0) is 19.4 Å². The monoisotopic (exact) mass is 195 g/mol. The molecule has 0 spiro atoms. The van der Waals surface area contributed by atoms with Gasteiger partial charge in [-0.25, -0.2) is 0 Å². The van der Waals surface area contributed by atoms with Crippen molar-refractivity contribution in [3.63, 3.8) is 0 Å². The van der Waals surface area contributed by atoms with Crippen molar-refractivity contribution in [1.29, 1.82) is 0 Å². The molecule has 3 heteroatoms. The number of hydrogen-bond acceptors (Lipinski definition) is 1. The van der Waals surface area contributed by atoms with Crippen molar-refractivity contribution < 1.29 is 0 Å². The van der Waals surface area contributed by atoms with Crippen molar-refractivity contribution in [3.8, 4) is 0 Å². The lowest BCUT2D eigenvalue weighted by atomic mass is 10.2. The van der Waals surface area contributed by atoms with E-state index < -0.39 is 0 Å². The average Bonchev–Trinajstić information content (AvgIpc) is 2.00. The van der Waals surface area contributed by atoms with Crippen molar-refractivity contribution in [2.45, 2.75) is 38.8 Å². The summed E-state index contributed by atoms with van der Waals surface area (Å²) in [6.45, 7) is 5.35. The van der Waals surface area contributed by atoms with Crippen LogP contribution in [0.2, 0.25) is 13.1 Å². The Bertz CT molecular complexity index is 47.4. The van der Waals surface area contributed by atoms with E-state index in [0.29, 0.717) is 9.52 Å². The minimum Gasteiger partial charge on any atom is -0.330 e. The summed E-state index contributed by atoms with van der Waals surface area (Å²) < 4.78 is 0. The molecular weight excluding hydrogens is 174 g/mol. The Morgan fingerprint density at radius 3 is 1.91 bits per heavy atom. The highest BCUT2D eigenvalue weighted by molar-refractivity contribution is 6.31. The lowest BCUT2D eigenvalue weighted by molar-refractivity contribution is 0.677. The van der Waals surface area contributed by atoms with Crippen LogP contribution in [0.3, 0.4) is 0 Å². The van der Waals surface area contributed by atoms with Crippen molar-refractivity contribution in [1.82, 2.24) is 0 Å². The molecule has 0 unspecified atom stereocenters. The molecule has 0 saturated heterocycles. The fourth-order valence-corrected chi connectivity index (χ4v) is 0.781. The molecule has 0 aromatic heterocycles. The standard InChI is InChI=1S/C6H14ClN.C2H8Si/c7-5-3-1-2-4-6-8;1-3-2/h1-6,8H2;3H2,1-2H3. The fourth-order valence-electron chi connectivity index (χ4n) is 0.592. The van der Waals surface area contributed by atoms with E-state index in [1.54, 1.807) is 0 Å². The van der Waals surface area contributed by atoms with Crippen LogP contribution in [-0.4, -0.2) is 21.9 Å². The van der Waals surface area contributed by atoms with Gasteiger partial charge in [0.1, 0.15) is 0 Å². The molecule has 1 nitrogen and oxygen atoms in total. The summed E-state index contributed by atoms with van der Waals surface area (Å²) in [6.07, 6.45) is 4.77. The molecule has 0 saturated carbocycles. The third kappa shape index (κ3) is 25.1. The van der Waals surface area contributed by atoms with Crippen LogP contribution in [-0.2, 0) is 0 Å². The highest BCUT2D eigenvalue weighted by Gasteiger charge is 1.84. The van der Waals surface area contributed by atoms with Crippen molar-refractivity contribution >= 4 is 21.1 Å². The molecule has 11 heavy (non-hydrogen) atoms. The van der Waals surface area contributed by atoms with E-state index in [4.69, 9.17) is 17.3 Å². The van der Waals surface area contributed by atoms with Crippen LogP contribution < -0.4 is 5.73 Å². The molecule has 0 atom stereocenters. The fraction of sp³-hybridized carbons (Fsp3) is 1.00. The first-order valence-corrected chi connectivity index (χ1v) is 7.95. The number of halogens is 1. The van der Waals surface area contributed by atoms with E-state index in [1.807, 2.05) is 0 Å². The summed E-state index contributed by atoms with van der Waals surface area (Å²) in [7, 11) is 0.417. The van der Waals surface area contributed by atoms with E-state index in [-0.39, 0.29) is 0 Å². The normalized spacial score (nSPS) is 8.73.